The predicted molar refractivity (Wildman–Crippen MR) is 139 cm³/mol. The van der Waals surface area contributed by atoms with Crippen molar-refractivity contribution in [3.8, 4) is 0 Å². The number of benzene rings is 2. The Kier molecular flexibility index (Phi) is 5.95. The molecule has 2 amide bonds. The Hall–Kier alpha value is -4.80. The van der Waals surface area contributed by atoms with Crippen molar-refractivity contribution < 1.29 is 18.4 Å². The number of nitrogens with zero attached hydrogens (tertiary/aromatic N) is 3. The summed E-state index contributed by atoms with van der Waals surface area (Å²) in [5, 5.41) is 16.6. The topological polar surface area (TPSA) is 112 Å². The van der Waals surface area contributed by atoms with Gasteiger partial charge >= 0.3 is 0 Å². The second-order valence-corrected chi connectivity index (χ2v) is 9.38. The fourth-order valence-corrected chi connectivity index (χ4v) is 4.28. The molecule has 2 aromatic heterocycles. The second-order valence-electron chi connectivity index (χ2n) is 9.38. The van der Waals surface area contributed by atoms with Crippen molar-refractivity contribution >= 4 is 46.4 Å². The van der Waals surface area contributed by atoms with Crippen molar-refractivity contribution in [2.75, 3.05) is 16.0 Å². The molecule has 1 aliphatic carbocycles. The normalized spacial score (nSPS) is 16.2. The fraction of sp³-hybridized carbons (Fsp3) is 0.185. The molecular weight excluding hydrogens is 492 g/mol. The first-order valence-corrected chi connectivity index (χ1v) is 12.1. The summed E-state index contributed by atoms with van der Waals surface area (Å²) in [6.45, 7) is 0.245. The number of hydrogen-bond donors (Lipinski definition) is 4. The van der Waals surface area contributed by atoms with E-state index in [0.29, 0.717) is 34.2 Å². The van der Waals surface area contributed by atoms with E-state index in [1.165, 1.54) is 12.1 Å². The van der Waals surface area contributed by atoms with E-state index >= 15 is 0 Å². The zero-order valence-electron chi connectivity index (χ0n) is 20.1. The van der Waals surface area contributed by atoms with Gasteiger partial charge in [0.1, 0.15) is 17.5 Å². The molecule has 0 spiro atoms. The largest absolute Gasteiger partial charge is 0.382 e. The summed E-state index contributed by atoms with van der Waals surface area (Å²) in [4.78, 5) is 28.2. The van der Waals surface area contributed by atoms with Crippen molar-refractivity contribution in [1.82, 2.24) is 19.9 Å². The average Bonchev–Trinajstić information content (AvgIpc) is 3.50. The molecule has 192 valence electrons. The molecule has 0 unspecified atom stereocenters. The number of carbonyl (C=O) groups is 2. The number of aromatic nitrogens is 3. The molecule has 0 atom stereocenters. The van der Waals surface area contributed by atoms with Crippen LogP contribution in [0.4, 0.5) is 31.7 Å². The predicted octanol–water partition coefficient (Wildman–Crippen LogP) is 4.37. The number of amides is 2. The Balaban J connectivity index is 1.26. The highest BCUT2D eigenvalue weighted by molar-refractivity contribution is 6.15. The molecule has 1 saturated heterocycles. The Morgan fingerprint density at radius 2 is 1.79 bits per heavy atom. The number of rotatable bonds is 8. The number of halogens is 2. The van der Waals surface area contributed by atoms with Crippen LogP contribution in [-0.4, -0.2) is 32.5 Å². The maximum absolute atomic E-state index is 13.6. The van der Waals surface area contributed by atoms with Crippen LogP contribution in [-0.2, 0) is 16.1 Å². The van der Waals surface area contributed by atoms with Gasteiger partial charge in [-0.1, -0.05) is 0 Å². The van der Waals surface area contributed by atoms with Gasteiger partial charge in [0.2, 0.25) is 5.91 Å². The molecule has 4 N–H and O–H groups in total. The van der Waals surface area contributed by atoms with Gasteiger partial charge in [-0.25, -0.2) is 18.3 Å². The van der Waals surface area contributed by atoms with Crippen LogP contribution in [0.15, 0.2) is 60.4 Å². The SMILES string of the molecule is O=C1C/C(=C/c2cnn3ccc(Nc4cc(NCc5cc(F)cc(F)c5)cc(NC5CC5)c4)nc23)C(=O)N1. The Morgan fingerprint density at radius 3 is 2.53 bits per heavy atom. The van der Waals surface area contributed by atoms with Crippen LogP contribution in [0, 0.1) is 11.6 Å². The van der Waals surface area contributed by atoms with Gasteiger partial charge in [0, 0.05) is 53.0 Å². The highest BCUT2D eigenvalue weighted by Crippen LogP contribution is 2.30. The van der Waals surface area contributed by atoms with Crippen LogP contribution in [0.25, 0.3) is 11.7 Å². The third-order valence-corrected chi connectivity index (χ3v) is 6.19. The van der Waals surface area contributed by atoms with Crippen LogP contribution in [0.3, 0.4) is 0 Å². The summed E-state index contributed by atoms with van der Waals surface area (Å²) in [5.74, 6) is -1.44. The van der Waals surface area contributed by atoms with E-state index in [-0.39, 0.29) is 18.9 Å². The molecule has 3 heterocycles. The molecule has 0 bridgehead atoms. The first-order chi connectivity index (χ1) is 18.4. The van der Waals surface area contributed by atoms with E-state index in [0.717, 1.165) is 36.0 Å². The quantitative estimate of drug-likeness (QED) is 0.204. The van der Waals surface area contributed by atoms with Crippen molar-refractivity contribution in [2.45, 2.75) is 31.8 Å². The van der Waals surface area contributed by atoms with E-state index in [4.69, 9.17) is 0 Å². The zero-order chi connectivity index (χ0) is 26.2. The monoisotopic (exact) mass is 515 g/mol. The summed E-state index contributed by atoms with van der Waals surface area (Å²) in [5.41, 5.74) is 4.40. The summed E-state index contributed by atoms with van der Waals surface area (Å²) >= 11 is 0. The third-order valence-electron chi connectivity index (χ3n) is 6.19. The molecule has 2 aliphatic rings. The number of fused-ring (bicyclic) bond motifs is 1. The molecular formula is C27H23F2N7O2. The van der Waals surface area contributed by atoms with Gasteiger partial charge in [-0.05, 0) is 60.9 Å². The van der Waals surface area contributed by atoms with Crippen molar-refractivity contribution in [3.63, 3.8) is 0 Å². The van der Waals surface area contributed by atoms with Gasteiger partial charge in [-0.3, -0.25) is 14.9 Å². The fourth-order valence-electron chi connectivity index (χ4n) is 4.28. The van der Waals surface area contributed by atoms with Crippen LogP contribution in [0.5, 0.6) is 0 Å². The Labute approximate surface area is 216 Å². The van der Waals surface area contributed by atoms with E-state index in [1.54, 1.807) is 29.1 Å². The minimum atomic E-state index is -0.621. The van der Waals surface area contributed by atoms with E-state index < -0.39 is 17.5 Å². The maximum Gasteiger partial charge on any atom is 0.254 e. The summed E-state index contributed by atoms with van der Waals surface area (Å²) in [6.07, 6.45) is 7.18. The van der Waals surface area contributed by atoms with Gasteiger partial charge in [0.15, 0.2) is 5.65 Å². The van der Waals surface area contributed by atoms with Crippen LogP contribution >= 0.6 is 0 Å². The van der Waals surface area contributed by atoms with Crippen molar-refractivity contribution in [2.24, 2.45) is 0 Å². The number of carbonyl (C=O) groups excluding carboxylic acids is 2. The highest BCUT2D eigenvalue weighted by Gasteiger charge is 2.24. The molecule has 1 saturated carbocycles. The van der Waals surface area contributed by atoms with Crippen molar-refractivity contribution in [3.05, 3.63) is 83.2 Å². The first kappa shape index (κ1) is 23.6. The van der Waals surface area contributed by atoms with Gasteiger partial charge in [-0.2, -0.15) is 5.10 Å². The Bertz CT molecular complexity index is 1590. The summed E-state index contributed by atoms with van der Waals surface area (Å²) < 4.78 is 28.8. The van der Waals surface area contributed by atoms with Crippen molar-refractivity contribution in [1.29, 1.82) is 0 Å². The minimum Gasteiger partial charge on any atom is -0.382 e. The lowest BCUT2D eigenvalue weighted by Crippen LogP contribution is -2.19. The molecule has 6 rings (SSSR count). The molecule has 11 heteroatoms. The minimum absolute atomic E-state index is 0.0208. The second kappa shape index (κ2) is 9.58. The summed E-state index contributed by atoms with van der Waals surface area (Å²) in [7, 11) is 0. The third kappa shape index (κ3) is 5.31. The lowest BCUT2D eigenvalue weighted by Gasteiger charge is -2.14. The molecule has 9 nitrogen and oxygen atoms in total. The first-order valence-electron chi connectivity index (χ1n) is 12.1. The van der Waals surface area contributed by atoms with Gasteiger partial charge in [-0.15, -0.1) is 0 Å². The van der Waals surface area contributed by atoms with Crippen LogP contribution in [0.1, 0.15) is 30.4 Å². The maximum atomic E-state index is 13.6. The van der Waals surface area contributed by atoms with Gasteiger partial charge < -0.3 is 16.0 Å². The molecule has 38 heavy (non-hydrogen) atoms. The number of imide groups is 1. The van der Waals surface area contributed by atoms with E-state index in [9.17, 15) is 18.4 Å². The van der Waals surface area contributed by atoms with Gasteiger partial charge in [0.05, 0.1) is 12.6 Å². The average molecular weight is 516 g/mol. The lowest BCUT2D eigenvalue weighted by molar-refractivity contribution is -0.124. The van der Waals surface area contributed by atoms with E-state index in [2.05, 4.69) is 31.3 Å². The van der Waals surface area contributed by atoms with Crippen LogP contribution in [0.2, 0.25) is 0 Å². The zero-order valence-corrected chi connectivity index (χ0v) is 20.1. The lowest BCUT2D eigenvalue weighted by atomic mass is 10.1. The molecule has 1 aliphatic heterocycles. The molecule has 2 aromatic carbocycles. The van der Waals surface area contributed by atoms with Gasteiger partial charge in [0.25, 0.3) is 5.91 Å². The number of hydrogen-bond acceptors (Lipinski definition) is 7. The molecule has 0 radical (unpaired) electrons. The Morgan fingerprint density at radius 1 is 1.03 bits per heavy atom. The number of nitrogens with one attached hydrogen (secondary N) is 4. The number of anilines is 4. The highest BCUT2D eigenvalue weighted by atomic mass is 19.1. The molecule has 4 aromatic rings. The smallest absolute Gasteiger partial charge is 0.254 e. The van der Waals surface area contributed by atoms with E-state index in [1.807, 2.05) is 18.2 Å². The standard InChI is InChI=1S/C27H23F2N7O2/c28-18-5-15(6-19(29)9-18)13-30-21-10-22(32-20-1-2-20)12-23(11-21)33-24-3-4-36-26(34-24)17(14-31-36)7-16-8-25(37)35-27(16)38/h3-7,9-12,14,20,30,32H,1-2,8,13H2,(H,33,34)(H,35,37,38)/b16-7-. The van der Waals surface area contributed by atoms with Crippen LogP contribution < -0.4 is 21.3 Å². The molecule has 2 fully saturated rings. The summed E-state index contributed by atoms with van der Waals surface area (Å²) in [6, 6.07) is 11.4.